The highest BCUT2D eigenvalue weighted by Crippen LogP contribution is 2.19. The summed E-state index contributed by atoms with van der Waals surface area (Å²) >= 11 is 0. The molecule has 0 aromatic heterocycles. The Morgan fingerprint density at radius 2 is 2.12 bits per heavy atom. The van der Waals surface area contributed by atoms with Gasteiger partial charge >= 0.3 is 0 Å². The third-order valence-electron chi connectivity index (χ3n) is 3.19. The number of ether oxygens (including phenoxy) is 2. The van der Waals surface area contributed by atoms with Crippen LogP contribution in [-0.4, -0.2) is 39.0 Å². The molecule has 0 aliphatic carbocycles. The van der Waals surface area contributed by atoms with Crippen LogP contribution in [0.1, 0.15) is 39.5 Å². The Morgan fingerprint density at radius 3 is 2.81 bits per heavy atom. The molecular formula is C13H27NO2. The molecule has 1 N–H and O–H groups in total. The third kappa shape index (κ3) is 6.46. The van der Waals surface area contributed by atoms with Gasteiger partial charge in [-0.1, -0.05) is 0 Å². The standard InChI is InChI=1S/C13H27NO2/c1-3-15-8-4-7-14-12(2)11-13-5-9-16-10-6-13/h12-14H,3-11H2,1-2H3. The Balaban J connectivity index is 1.95. The van der Waals surface area contributed by atoms with Gasteiger partial charge in [-0.3, -0.25) is 0 Å². The maximum absolute atomic E-state index is 5.37. The van der Waals surface area contributed by atoms with Crippen molar-refractivity contribution in [1.29, 1.82) is 0 Å². The van der Waals surface area contributed by atoms with Gasteiger partial charge in [-0.25, -0.2) is 0 Å². The molecule has 0 saturated carbocycles. The zero-order valence-corrected chi connectivity index (χ0v) is 10.8. The molecular weight excluding hydrogens is 202 g/mol. The Bertz CT molecular complexity index is 158. The van der Waals surface area contributed by atoms with Crippen LogP contribution in [0.25, 0.3) is 0 Å². The van der Waals surface area contributed by atoms with Crippen molar-refractivity contribution >= 4 is 0 Å². The van der Waals surface area contributed by atoms with Crippen molar-refractivity contribution < 1.29 is 9.47 Å². The molecule has 16 heavy (non-hydrogen) atoms. The minimum absolute atomic E-state index is 0.629. The van der Waals surface area contributed by atoms with Crippen LogP contribution in [0.5, 0.6) is 0 Å². The predicted octanol–water partition coefficient (Wildman–Crippen LogP) is 2.21. The summed E-state index contributed by atoms with van der Waals surface area (Å²) < 4.78 is 10.7. The lowest BCUT2D eigenvalue weighted by atomic mass is 9.93. The van der Waals surface area contributed by atoms with Crippen molar-refractivity contribution in [2.24, 2.45) is 5.92 Å². The molecule has 96 valence electrons. The molecule has 1 unspecified atom stereocenters. The second kappa shape index (κ2) is 8.97. The van der Waals surface area contributed by atoms with Gasteiger partial charge in [0.2, 0.25) is 0 Å². The predicted molar refractivity (Wildman–Crippen MR) is 66.7 cm³/mol. The molecule has 0 aromatic carbocycles. The first-order valence-corrected chi connectivity index (χ1v) is 6.71. The zero-order valence-electron chi connectivity index (χ0n) is 10.8. The van der Waals surface area contributed by atoms with Crippen molar-refractivity contribution in [1.82, 2.24) is 5.32 Å². The van der Waals surface area contributed by atoms with Gasteiger partial charge in [0.1, 0.15) is 0 Å². The van der Waals surface area contributed by atoms with Crippen LogP contribution in [0, 0.1) is 5.92 Å². The van der Waals surface area contributed by atoms with Crippen molar-refractivity contribution in [3.8, 4) is 0 Å². The number of rotatable bonds is 8. The van der Waals surface area contributed by atoms with E-state index < -0.39 is 0 Å². The fraction of sp³-hybridized carbons (Fsp3) is 1.00. The van der Waals surface area contributed by atoms with E-state index in [1.165, 1.54) is 19.3 Å². The van der Waals surface area contributed by atoms with E-state index in [9.17, 15) is 0 Å². The van der Waals surface area contributed by atoms with Crippen LogP contribution < -0.4 is 5.32 Å². The summed E-state index contributed by atoms with van der Waals surface area (Å²) in [6.07, 6.45) is 4.89. The summed E-state index contributed by atoms with van der Waals surface area (Å²) in [7, 11) is 0. The van der Waals surface area contributed by atoms with E-state index in [2.05, 4.69) is 12.2 Å². The summed E-state index contributed by atoms with van der Waals surface area (Å²) in [5, 5.41) is 3.57. The molecule has 0 spiro atoms. The van der Waals surface area contributed by atoms with Crippen LogP contribution in [0.15, 0.2) is 0 Å². The lowest BCUT2D eigenvalue weighted by molar-refractivity contribution is 0.0610. The first-order valence-electron chi connectivity index (χ1n) is 6.71. The molecule has 0 aromatic rings. The molecule has 0 amide bonds. The summed E-state index contributed by atoms with van der Waals surface area (Å²) in [4.78, 5) is 0. The number of nitrogens with one attached hydrogen (secondary N) is 1. The van der Waals surface area contributed by atoms with Gasteiger partial charge in [0.15, 0.2) is 0 Å². The molecule has 1 saturated heterocycles. The van der Waals surface area contributed by atoms with Crippen LogP contribution >= 0.6 is 0 Å². The van der Waals surface area contributed by atoms with Crippen molar-refractivity contribution in [3.63, 3.8) is 0 Å². The summed E-state index contributed by atoms with van der Waals surface area (Å²) in [6.45, 7) is 9.04. The quantitative estimate of drug-likeness (QED) is 0.647. The Hall–Kier alpha value is -0.120. The van der Waals surface area contributed by atoms with E-state index in [1.807, 2.05) is 6.92 Å². The van der Waals surface area contributed by atoms with E-state index in [0.29, 0.717) is 6.04 Å². The molecule has 1 aliphatic rings. The Kier molecular flexibility index (Phi) is 7.81. The summed E-state index contributed by atoms with van der Waals surface area (Å²) in [5.74, 6) is 0.864. The van der Waals surface area contributed by atoms with Crippen LogP contribution in [0.4, 0.5) is 0 Å². The molecule has 0 radical (unpaired) electrons. The maximum Gasteiger partial charge on any atom is 0.0477 e. The van der Waals surface area contributed by atoms with Crippen LogP contribution in [0.3, 0.4) is 0 Å². The lowest BCUT2D eigenvalue weighted by Gasteiger charge is -2.25. The monoisotopic (exact) mass is 229 g/mol. The smallest absolute Gasteiger partial charge is 0.0477 e. The molecule has 1 fully saturated rings. The molecule has 1 atom stereocenters. The Labute approximate surface area is 99.9 Å². The fourth-order valence-corrected chi connectivity index (χ4v) is 2.23. The highest BCUT2D eigenvalue weighted by Gasteiger charge is 2.16. The molecule has 3 nitrogen and oxygen atoms in total. The molecule has 0 bridgehead atoms. The van der Waals surface area contributed by atoms with Gasteiger partial charge in [0.25, 0.3) is 0 Å². The van der Waals surface area contributed by atoms with E-state index in [0.717, 1.165) is 45.3 Å². The van der Waals surface area contributed by atoms with Crippen molar-refractivity contribution in [3.05, 3.63) is 0 Å². The number of hydrogen-bond donors (Lipinski definition) is 1. The van der Waals surface area contributed by atoms with E-state index in [-0.39, 0.29) is 0 Å². The van der Waals surface area contributed by atoms with Crippen LogP contribution in [0.2, 0.25) is 0 Å². The van der Waals surface area contributed by atoms with Gasteiger partial charge in [-0.2, -0.15) is 0 Å². The van der Waals surface area contributed by atoms with Gasteiger partial charge in [0, 0.05) is 32.5 Å². The van der Waals surface area contributed by atoms with Gasteiger partial charge in [-0.05, 0) is 52.0 Å². The molecule has 1 rings (SSSR count). The van der Waals surface area contributed by atoms with E-state index >= 15 is 0 Å². The normalized spacial score (nSPS) is 19.9. The number of hydrogen-bond acceptors (Lipinski definition) is 3. The second-order valence-corrected chi connectivity index (χ2v) is 4.70. The molecule has 1 heterocycles. The third-order valence-corrected chi connectivity index (χ3v) is 3.19. The SMILES string of the molecule is CCOCCCNC(C)CC1CCOCC1. The highest BCUT2D eigenvalue weighted by atomic mass is 16.5. The van der Waals surface area contributed by atoms with Gasteiger partial charge in [0.05, 0.1) is 0 Å². The van der Waals surface area contributed by atoms with Gasteiger partial charge < -0.3 is 14.8 Å². The topological polar surface area (TPSA) is 30.5 Å². The summed E-state index contributed by atoms with van der Waals surface area (Å²) in [6, 6.07) is 0.629. The highest BCUT2D eigenvalue weighted by molar-refractivity contribution is 4.70. The fourth-order valence-electron chi connectivity index (χ4n) is 2.23. The largest absolute Gasteiger partial charge is 0.382 e. The van der Waals surface area contributed by atoms with Crippen molar-refractivity contribution in [2.75, 3.05) is 33.0 Å². The Morgan fingerprint density at radius 1 is 1.38 bits per heavy atom. The van der Waals surface area contributed by atoms with Crippen molar-refractivity contribution in [2.45, 2.75) is 45.6 Å². The molecule has 1 aliphatic heterocycles. The van der Waals surface area contributed by atoms with Crippen LogP contribution in [-0.2, 0) is 9.47 Å². The first kappa shape index (κ1) is 13.9. The van der Waals surface area contributed by atoms with Gasteiger partial charge in [-0.15, -0.1) is 0 Å². The minimum Gasteiger partial charge on any atom is -0.382 e. The average molecular weight is 229 g/mol. The van der Waals surface area contributed by atoms with E-state index in [4.69, 9.17) is 9.47 Å². The molecule has 3 heteroatoms. The maximum atomic E-state index is 5.37. The second-order valence-electron chi connectivity index (χ2n) is 4.70. The van der Waals surface area contributed by atoms with E-state index in [1.54, 1.807) is 0 Å². The lowest BCUT2D eigenvalue weighted by Crippen LogP contribution is -2.31. The minimum atomic E-state index is 0.629. The summed E-state index contributed by atoms with van der Waals surface area (Å²) in [5.41, 5.74) is 0. The zero-order chi connectivity index (χ0) is 11.6. The average Bonchev–Trinajstić information content (AvgIpc) is 2.30. The first-order chi connectivity index (χ1) is 7.83.